The summed E-state index contributed by atoms with van der Waals surface area (Å²) in [4.78, 5) is 23.1. The number of Topliss-reactive ketones (excluding diaryl/α,β-unsaturated/α-hetero) is 1. The average molecular weight is 209 g/mol. The molecule has 0 spiro atoms. The summed E-state index contributed by atoms with van der Waals surface area (Å²) in [6, 6.07) is 0.289. The first-order chi connectivity index (χ1) is 7.16. The van der Waals surface area contributed by atoms with Gasteiger partial charge in [-0.3, -0.25) is 9.59 Å². The zero-order valence-corrected chi connectivity index (χ0v) is 9.29. The van der Waals surface area contributed by atoms with E-state index in [-0.39, 0.29) is 23.7 Å². The predicted octanol–water partition coefficient (Wildman–Crippen LogP) is 1.66. The van der Waals surface area contributed by atoms with Gasteiger partial charge in [0, 0.05) is 12.0 Å². The van der Waals surface area contributed by atoms with Crippen LogP contribution in [0.5, 0.6) is 0 Å². The minimum absolute atomic E-state index is 0.0932. The van der Waals surface area contributed by atoms with Crippen LogP contribution >= 0.6 is 0 Å². The zero-order valence-electron chi connectivity index (χ0n) is 9.29. The van der Waals surface area contributed by atoms with Crippen LogP contribution in [0.15, 0.2) is 0 Å². The molecule has 2 aliphatic rings. The van der Waals surface area contributed by atoms with Crippen LogP contribution in [0, 0.1) is 11.8 Å². The number of amides is 1. The van der Waals surface area contributed by atoms with Gasteiger partial charge in [0.25, 0.3) is 5.91 Å². The van der Waals surface area contributed by atoms with Gasteiger partial charge in [-0.2, -0.15) is 0 Å². The topological polar surface area (TPSA) is 46.2 Å². The van der Waals surface area contributed by atoms with Crippen molar-refractivity contribution in [3.05, 3.63) is 0 Å². The number of ketones is 1. The maximum absolute atomic E-state index is 11.6. The second-order valence-electron chi connectivity index (χ2n) is 5.03. The van der Waals surface area contributed by atoms with Crippen LogP contribution in [0.1, 0.15) is 45.4 Å². The summed E-state index contributed by atoms with van der Waals surface area (Å²) < 4.78 is 0. The standard InChI is InChI=1S/C12H19NO2/c1-8(2-3-9-4-5-9)11(14)12(15)13-10-6-7-10/h8-10H,2-7H2,1H3,(H,13,15)/t8-/m0/s1. The van der Waals surface area contributed by atoms with E-state index >= 15 is 0 Å². The molecule has 2 rings (SSSR count). The van der Waals surface area contributed by atoms with Crippen LogP contribution < -0.4 is 5.32 Å². The lowest BCUT2D eigenvalue weighted by molar-refractivity contribution is -0.140. The largest absolute Gasteiger partial charge is 0.347 e. The Kier molecular flexibility index (Phi) is 3.08. The van der Waals surface area contributed by atoms with Gasteiger partial charge in [0.05, 0.1) is 0 Å². The molecule has 1 N–H and O–H groups in total. The Balaban J connectivity index is 1.69. The van der Waals surface area contributed by atoms with Crippen LogP contribution in [0.25, 0.3) is 0 Å². The van der Waals surface area contributed by atoms with E-state index in [1.165, 1.54) is 12.8 Å². The third-order valence-corrected chi connectivity index (χ3v) is 3.29. The van der Waals surface area contributed by atoms with Crippen molar-refractivity contribution in [3.63, 3.8) is 0 Å². The van der Waals surface area contributed by atoms with Crippen molar-refractivity contribution >= 4 is 11.7 Å². The second-order valence-corrected chi connectivity index (χ2v) is 5.03. The van der Waals surface area contributed by atoms with Crippen LogP contribution in [0.2, 0.25) is 0 Å². The molecule has 0 radical (unpaired) electrons. The average Bonchev–Trinajstić information content (AvgIpc) is 3.06. The van der Waals surface area contributed by atoms with Gasteiger partial charge < -0.3 is 5.32 Å². The van der Waals surface area contributed by atoms with Gasteiger partial charge in [0.2, 0.25) is 5.78 Å². The lowest BCUT2D eigenvalue weighted by atomic mass is 9.98. The van der Waals surface area contributed by atoms with Crippen molar-refractivity contribution < 1.29 is 9.59 Å². The lowest BCUT2D eigenvalue weighted by Gasteiger charge is -2.09. The molecule has 2 saturated carbocycles. The fourth-order valence-electron chi connectivity index (χ4n) is 1.73. The molecule has 0 aromatic rings. The van der Waals surface area contributed by atoms with E-state index in [0.29, 0.717) is 0 Å². The van der Waals surface area contributed by atoms with Crippen molar-refractivity contribution in [1.29, 1.82) is 0 Å². The van der Waals surface area contributed by atoms with Gasteiger partial charge in [0.1, 0.15) is 0 Å². The van der Waals surface area contributed by atoms with Crippen molar-refractivity contribution in [2.24, 2.45) is 11.8 Å². The summed E-state index contributed by atoms with van der Waals surface area (Å²) in [6.45, 7) is 1.87. The normalized spacial score (nSPS) is 22.2. The van der Waals surface area contributed by atoms with E-state index in [4.69, 9.17) is 0 Å². The van der Waals surface area contributed by atoms with Crippen molar-refractivity contribution in [2.45, 2.75) is 51.5 Å². The van der Waals surface area contributed by atoms with Crippen molar-refractivity contribution in [3.8, 4) is 0 Å². The summed E-state index contributed by atoms with van der Waals surface area (Å²) >= 11 is 0. The molecule has 0 aromatic carbocycles. The van der Waals surface area contributed by atoms with Crippen LogP contribution in [0.4, 0.5) is 0 Å². The van der Waals surface area contributed by atoms with Gasteiger partial charge in [-0.05, 0) is 31.6 Å². The first kappa shape index (κ1) is 10.7. The molecule has 0 heterocycles. The molecule has 3 nitrogen and oxygen atoms in total. The van der Waals surface area contributed by atoms with Crippen molar-refractivity contribution in [2.75, 3.05) is 0 Å². The number of rotatable bonds is 6. The summed E-state index contributed by atoms with van der Waals surface area (Å²) in [5.74, 6) is 0.166. The quantitative estimate of drug-likeness (QED) is 0.676. The number of carbonyl (C=O) groups is 2. The van der Waals surface area contributed by atoms with Gasteiger partial charge in [0.15, 0.2) is 0 Å². The third-order valence-electron chi connectivity index (χ3n) is 3.29. The van der Waals surface area contributed by atoms with Gasteiger partial charge in [-0.1, -0.05) is 19.8 Å². The molecule has 84 valence electrons. The maximum atomic E-state index is 11.6. The Morgan fingerprint density at radius 3 is 2.47 bits per heavy atom. The minimum atomic E-state index is -0.360. The van der Waals surface area contributed by atoms with Crippen LogP contribution in [-0.4, -0.2) is 17.7 Å². The lowest BCUT2D eigenvalue weighted by Crippen LogP contribution is -2.35. The number of hydrogen-bond donors (Lipinski definition) is 1. The molecule has 1 amide bonds. The highest BCUT2D eigenvalue weighted by Gasteiger charge is 2.29. The molecular formula is C12H19NO2. The fourth-order valence-corrected chi connectivity index (χ4v) is 1.73. The van der Waals surface area contributed by atoms with E-state index in [9.17, 15) is 9.59 Å². The molecule has 3 heteroatoms. The smallest absolute Gasteiger partial charge is 0.287 e. The molecule has 2 fully saturated rings. The van der Waals surface area contributed by atoms with Gasteiger partial charge in [-0.15, -0.1) is 0 Å². The zero-order chi connectivity index (χ0) is 10.8. The van der Waals surface area contributed by atoms with Crippen molar-refractivity contribution in [1.82, 2.24) is 5.32 Å². The van der Waals surface area contributed by atoms with Gasteiger partial charge in [-0.25, -0.2) is 0 Å². The first-order valence-corrected chi connectivity index (χ1v) is 6.01. The third kappa shape index (κ3) is 3.33. The molecular weight excluding hydrogens is 190 g/mol. The van der Waals surface area contributed by atoms with E-state index in [2.05, 4.69) is 5.32 Å². The Bertz CT molecular complexity index is 267. The SMILES string of the molecule is C[C@@H](CCC1CC1)C(=O)C(=O)NC1CC1. The molecule has 0 unspecified atom stereocenters. The molecule has 0 aliphatic heterocycles. The van der Waals surface area contributed by atoms with E-state index in [0.717, 1.165) is 31.6 Å². The molecule has 0 saturated heterocycles. The molecule has 15 heavy (non-hydrogen) atoms. The summed E-state index contributed by atoms with van der Waals surface area (Å²) in [5.41, 5.74) is 0. The summed E-state index contributed by atoms with van der Waals surface area (Å²) in [5, 5.41) is 2.75. The Morgan fingerprint density at radius 2 is 1.93 bits per heavy atom. The van der Waals surface area contributed by atoms with E-state index in [1.807, 2.05) is 6.92 Å². The monoisotopic (exact) mass is 209 g/mol. The Hall–Kier alpha value is -0.860. The predicted molar refractivity (Wildman–Crippen MR) is 57.3 cm³/mol. The molecule has 2 aliphatic carbocycles. The van der Waals surface area contributed by atoms with Gasteiger partial charge >= 0.3 is 0 Å². The summed E-state index contributed by atoms with van der Waals surface area (Å²) in [7, 11) is 0. The van der Waals surface area contributed by atoms with Crippen LogP contribution in [0.3, 0.4) is 0 Å². The highest BCUT2D eigenvalue weighted by atomic mass is 16.2. The minimum Gasteiger partial charge on any atom is -0.347 e. The second kappa shape index (κ2) is 4.33. The highest BCUT2D eigenvalue weighted by Crippen LogP contribution is 2.34. The molecule has 0 bridgehead atoms. The maximum Gasteiger partial charge on any atom is 0.287 e. The number of carbonyl (C=O) groups excluding carboxylic acids is 2. The van der Waals surface area contributed by atoms with E-state index in [1.54, 1.807) is 0 Å². The molecule has 0 aromatic heterocycles. The Morgan fingerprint density at radius 1 is 1.27 bits per heavy atom. The number of nitrogens with one attached hydrogen (secondary N) is 1. The Labute approximate surface area is 90.6 Å². The molecule has 1 atom stereocenters. The van der Waals surface area contributed by atoms with Crippen LogP contribution in [-0.2, 0) is 9.59 Å². The fraction of sp³-hybridized carbons (Fsp3) is 0.833. The van der Waals surface area contributed by atoms with E-state index < -0.39 is 0 Å². The summed E-state index contributed by atoms with van der Waals surface area (Å²) in [6.07, 6.45) is 6.69. The number of hydrogen-bond acceptors (Lipinski definition) is 2. The highest BCUT2D eigenvalue weighted by molar-refractivity contribution is 6.36. The first-order valence-electron chi connectivity index (χ1n) is 6.01.